The van der Waals surface area contributed by atoms with Crippen LogP contribution < -0.4 is 10.1 Å². The molecule has 218 valence electrons. The predicted molar refractivity (Wildman–Crippen MR) is 163 cm³/mol. The minimum Gasteiger partial charge on any atom is -0.497 e. The number of benzene rings is 3. The van der Waals surface area contributed by atoms with E-state index in [1.165, 1.54) is 11.1 Å². The average molecular weight is 594 g/mol. The highest BCUT2D eigenvalue weighted by atomic mass is 35.5. The number of aryl methyl sites for hydroxylation is 2. The van der Waals surface area contributed by atoms with Crippen LogP contribution in [0.5, 0.6) is 5.75 Å². The molecule has 0 saturated heterocycles. The zero-order valence-electron chi connectivity index (χ0n) is 24.1. The van der Waals surface area contributed by atoms with Crippen molar-refractivity contribution in [1.29, 1.82) is 0 Å². The lowest BCUT2D eigenvalue weighted by Crippen LogP contribution is -2.46. The van der Waals surface area contributed by atoms with Crippen LogP contribution >= 0.6 is 11.6 Å². The number of rotatable bonds is 8. The van der Waals surface area contributed by atoms with Crippen molar-refractivity contribution in [1.82, 2.24) is 5.32 Å². The van der Waals surface area contributed by atoms with E-state index in [2.05, 4.69) is 30.4 Å². The standard InChI is InChI=1S/C34H40ClNO4S/c1-22-4-12-28(13-5-22)41(37,38)40-33-25(21-36-20-23-6-9-26(35)10-7-23)19-32-31-14-8-24-18-27(39-3)11-15-29(24)30(31)16-17-34(32,33)2/h4-7,9-13,15,18,25,30-33,36H,8,14,16-17,19-21H2,1-3H3/t25-,30+,31+,32-,33-,34-/m0/s1. The topological polar surface area (TPSA) is 64.6 Å². The zero-order chi connectivity index (χ0) is 28.8. The minimum absolute atomic E-state index is 0.0912. The van der Waals surface area contributed by atoms with E-state index in [-0.39, 0.29) is 22.3 Å². The summed E-state index contributed by atoms with van der Waals surface area (Å²) in [5, 5.41) is 4.34. The van der Waals surface area contributed by atoms with E-state index in [1.807, 2.05) is 43.3 Å². The summed E-state index contributed by atoms with van der Waals surface area (Å²) in [6.07, 6.45) is 4.73. The van der Waals surface area contributed by atoms with E-state index < -0.39 is 10.1 Å². The summed E-state index contributed by atoms with van der Waals surface area (Å²) in [4.78, 5) is 0.234. The Balaban J connectivity index is 1.27. The molecule has 2 saturated carbocycles. The molecule has 3 aromatic rings. The Kier molecular flexibility index (Phi) is 7.96. The Morgan fingerprint density at radius 1 is 1.02 bits per heavy atom. The second kappa shape index (κ2) is 11.4. The van der Waals surface area contributed by atoms with E-state index in [0.717, 1.165) is 54.0 Å². The highest BCUT2D eigenvalue weighted by Crippen LogP contribution is 2.63. The molecule has 0 bridgehead atoms. The van der Waals surface area contributed by atoms with E-state index in [0.29, 0.717) is 30.8 Å². The molecule has 3 aliphatic carbocycles. The maximum atomic E-state index is 13.6. The molecular weight excluding hydrogens is 554 g/mol. The maximum absolute atomic E-state index is 13.6. The lowest BCUT2D eigenvalue weighted by Gasteiger charge is -2.50. The summed E-state index contributed by atoms with van der Waals surface area (Å²) in [5.74, 6) is 2.43. The summed E-state index contributed by atoms with van der Waals surface area (Å²) in [6.45, 7) is 5.66. The third-order valence-corrected chi connectivity index (χ3v) is 11.8. The number of methoxy groups -OCH3 is 1. The van der Waals surface area contributed by atoms with Gasteiger partial charge in [0.15, 0.2) is 0 Å². The molecule has 41 heavy (non-hydrogen) atoms. The second-order valence-electron chi connectivity index (χ2n) is 12.6. The number of fused-ring (bicyclic) bond motifs is 5. The third kappa shape index (κ3) is 5.56. The lowest BCUT2D eigenvalue weighted by molar-refractivity contribution is -0.0159. The summed E-state index contributed by atoms with van der Waals surface area (Å²) < 4.78 is 39.1. The first-order valence-corrected chi connectivity index (χ1v) is 16.6. The van der Waals surface area contributed by atoms with Gasteiger partial charge in [-0.05, 0) is 121 Å². The lowest BCUT2D eigenvalue weighted by atomic mass is 9.55. The highest BCUT2D eigenvalue weighted by Gasteiger charge is 2.59. The van der Waals surface area contributed by atoms with Crippen molar-refractivity contribution in [3.05, 3.63) is 94.0 Å². The van der Waals surface area contributed by atoms with Crippen molar-refractivity contribution in [3.63, 3.8) is 0 Å². The molecule has 0 amide bonds. The van der Waals surface area contributed by atoms with Gasteiger partial charge in [0.2, 0.25) is 0 Å². The number of hydrogen-bond donors (Lipinski definition) is 1. The van der Waals surface area contributed by atoms with Crippen LogP contribution in [0, 0.1) is 30.1 Å². The van der Waals surface area contributed by atoms with Gasteiger partial charge in [0.25, 0.3) is 10.1 Å². The van der Waals surface area contributed by atoms with Gasteiger partial charge in [-0.15, -0.1) is 0 Å². The van der Waals surface area contributed by atoms with Crippen LogP contribution in [0.3, 0.4) is 0 Å². The van der Waals surface area contributed by atoms with Crippen LogP contribution in [0.25, 0.3) is 0 Å². The molecule has 0 aliphatic heterocycles. The third-order valence-electron chi connectivity index (χ3n) is 10.2. The van der Waals surface area contributed by atoms with E-state index in [4.69, 9.17) is 20.5 Å². The SMILES string of the molecule is COc1ccc2c(c1)CC[C@@H]1[C@@H]2CC[C@@]2(C)[C@H]1C[C@@H](CNCc1ccc(Cl)cc1)[C@@H]2OS(=O)(=O)c1ccc(C)cc1. The Labute approximate surface area is 249 Å². The molecule has 0 spiro atoms. The van der Waals surface area contributed by atoms with E-state index in [9.17, 15) is 8.42 Å². The molecule has 1 N–H and O–H groups in total. The van der Waals surface area contributed by atoms with Gasteiger partial charge < -0.3 is 10.1 Å². The number of hydrogen-bond acceptors (Lipinski definition) is 5. The summed E-state index contributed by atoms with van der Waals surface area (Å²) in [5.41, 5.74) is 4.83. The van der Waals surface area contributed by atoms with Gasteiger partial charge in [-0.1, -0.05) is 54.4 Å². The molecule has 0 aromatic heterocycles. The van der Waals surface area contributed by atoms with Crippen LogP contribution in [0.1, 0.15) is 60.8 Å². The molecule has 2 fully saturated rings. The van der Waals surface area contributed by atoms with Gasteiger partial charge in [-0.25, -0.2) is 0 Å². The monoisotopic (exact) mass is 593 g/mol. The molecule has 0 unspecified atom stereocenters. The first kappa shape index (κ1) is 28.7. The Hall–Kier alpha value is -2.38. The van der Waals surface area contributed by atoms with E-state index in [1.54, 1.807) is 19.2 Å². The smallest absolute Gasteiger partial charge is 0.297 e. The highest BCUT2D eigenvalue weighted by molar-refractivity contribution is 7.86. The van der Waals surface area contributed by atoms with Crippen LogP contribution in [-0.2, 0) is 27.3 Å². The van der Waals surface area contributed by atoms with Gasteiger partial charge in [-0.3, -0.25) is 4.18 Å². The molecule has 7 heteroatoms. The average Bonchev–Trinajstić information content (AvgIpc) is 3.24. The van der Waals surface area contributed by atoms with Gasteiger partial charge >= 0.3 is 0 Å². The quantitative estimate of drug-likeness (QED) is 0.278. The summed E-state index contributed by atoms with van der Waals surface area (Å²) in [6, 6.07) is 21.4. The molecule has 3 aliphatic rings. The van der Waals surface area contributed by atoms with Crippen LogP contribution in [0.2, 0.25) is 5.02 Å². The van der Waals surface area contributed by atoms with Gasteiger partial charge in [0.05, 0.1) is 18.1 Å². The summed E-state index contributed by atoms with van der Waals surface area (Å²) in [7, 11) is -2.18. The molecular formula is C34H40ClNO4S. The molecule has 6 atom stereocenters. The fraction of sp³-hybridized carbons (Fsp3) is 0.471. The first-order chi connectivity index (χ1) is 19.7. The summed E-state index contributed by atoms with van der Waals surface area (Å²) >= 11 is 6.08. The van der Waals surface area contributed by atoms with Crippen molar-refractivity contribution in [2.45, 2.75) is 69.4 Å². The Morgan fingerprint density at radius 2 is 1.78 bits per heavy atom. The molecule has 3 aromatic carbocycles. The molecule has 0 radical (unpaired) electrons. The zero-order valence-corrected chi connectivity index (χ0v) is 25.7. The van der Waals surface area contributed by atoms with Crippen molar-refractivity contribution in [2.24, 2.45) is 23.2 Å². The minimum atomic E-state index is -3.91. The number of halogens is 1. The first-order valence-electron chi connectivity index (χ1n) is 14.8. The predicted octanol–water partition coefficient (Wildman–Crippen LogP) is 7.30. The van der Waals surface area contributed by atoms with Crippen LogP contribution in [0.15, 0.2) is 71.6 Å². The fourth-order valence-electron chi connectivity index (χ4n) is 8.10. The van der Waals surface area contributed by atoms with Crippen molar-refractivity contribution in [3.8, 4) is 5.75 Å². The molecule has 6 rings (SSSR count). The van der Waals surface area contributed by atoms with Crippen LogP contribution in [0.4, 0.5) is 0 Å². The van der Waals surface area contributed by atoms with E-state index >= 15 is 0 Å². The van der Waals surface area contributed by atoms with Crippen molar-refractivity contribution < 1.29 is 17.3 Å². The van der Waals surface area contributed by atoms with Gasteiger partial charge in [-0.2, -0.15) is 8.42 Å². The van der Waals surface area contributed by atoms with Crippen molar-refractivity contribution >= 4 is 21.7 Å². The maximum Gasteiger partial charge on any atom is 0.297 e. The van der Waals surface area contributed by atoms with Gasteiger partial charge in [0, 0.05) is 18.1 Å². The van der Waals surface area contributed by atoms with Crippen molar-refractivity contribution in [2.75, 3.05) is 13.7 Å². The molecule has 5 nitrogen and oxygen atoms in total. The molecule has 0 heterocycles. The normalized spacial score (nSPS) is 28.9. The number of nitrogens with one attached hydrogen (secondary N) is 1. The fourth-order valence-corrected chi connectivity index (χ4v) is 9.46. The Morgan fingerprint density at radius 3 is 2.51 bits per heavy atom. The second-order valence-corrected chi connectivity index (χ2v) is 14.6. The largest absolute Gasteiger partial charge is 0.497 e. The Bertz CT molecular complexity index is 1490. The van der Waals surface area contributed by atoms with Crippen LogP contribution in [-0.4, -0.2) is 28.2 Å². The number of ether oxygens (including phenoxy) is 1. The van der Waals surface area contributed by atoms with Gasteiger partial charge in [0.1, 0.15) is 5.75 Å².